The van der Waals surface area contributed by atoms with Crippen molar-refractivity contribution in [3.05, 3.63) is 94.0 Å². The molecule has 3 rings (SSSR count). The lowest BCUT2D eigenvalue weighted by molar-refractivity contribution is -0.113. The highest BCUT2D eigenvalue weighted by Crippen LogP contribution is 2.16. The number of benzene rings is 2. The van der Waals surface area contributed by atoms with E-state index in [9.17, 15) is 14.4 Å². The Morgan fingerprint density at radius 1 is 1.00 bits per heavy atom. The Hall–Kier alpha value is -3.45. The quantitative estimate of drug-likeness (QED) is 0.420. The molecule has 0 radical (unpaired) electrons. The number of rotatable bonds is 6. The first-order valence-corrected chi connectivity index (χ1v) is 9.46. The maximum atomic E-state index is 12.8. The first-order valence-electron chi connectivity index (χ1n) is 8.67. The van der Waals surface area contributed by atoms with Crippen LogP contribution in [0.1, 0.15) is 33.4 Å². The van der Waals surface area contributed by atoms with Crippen LogP contribution in [0.25, 0.3) is 6.08 Å². The molecule has 0 saturated heterocycles. The summed E-state index contributed by atoms with van der Waals surface area (Å²) in [6, 6.07) is 16.9. The summed E-state index contributed by atoms with van der Waals surface area (Å²) in [5.74, 6) is -1.04. The molecule has 29 heavy (non-hydrogen) atoms. The minimum absolute atomic E-state index is 0.0418. The van der Waals surface area contributed by atoms with Crippen LogP contribution in [-0.4, -0.2) is 17.6 Å². The SMILES string of the molecule is CC(=O)c1ccc(NC(=O)/C(=C/c2cccc(Br)c2)NC(=O)c2ccco2)cc1. The van der Waals surface area contributed by atoms with Crippen molar-refractivity contribution in [2.24, 2.45) is 0 Å². The van der Waals surface area contributed by atoms with Crippen LogP contribution in [0.4, 0.5) is 5.69 Å². The number of furan rings is 1. The minimum Gasteiger partial charge on any atom is -0.459 e. The van der Waals surface area contributed by atoms with Crippen LogP contribution in [0, 0.1) is 0 Å². The third-order valence-electron chi connectivity index (χ3n) is 3.95. The summed E-state index contributed by atoms with van der Waals surface area (Å²) in [5.41, 5.74) is 1.79. The van der Waals surface area contributed by atoms with E-state index in [1.165, 1.54) is 19.3 Å². The molecule has 0 bridgehead atoms. The lowest BCUT2D eigenvalue weighted by atomic mass is 10.1. The lowest BCUT2D eigenvalue weighted by Gasteiger charge is -2.11. The molecular weight excluding hydrogens is 436 g/mol. The minimum atomic E-state index is -0.543. The number of halogens is 1. The molecule has 7 heteroatoms. The topological polar surface area (TPSA) is 88.4 Å². The van der Waals surface area contributed by atoms with Gasteiger partial charge in [0.1, 0.15) is 5.70 Å². The average molecular weight is 453 g/mol. The van der Waals surface area contributed by atoms with E-state index in [-0.39, 0.29) is 17.2 Å². The van der Waals surface area contributed by atoms with Gasteiger partial charge < -0.3 is 15.1 Å². The van der Waals surface area contributed by atoms with E-state index in [4.69, 9.17) is 4.42 Å². The first kappa shape index (κ1) is 20.3. The molecule has 0 atom stereocenters. The summed E-state index contributed by atoms with van der Waals surface area (Å²) in [6.07, 6.45) is 2.94. The zero-order chi connectivity index (χ0) is 20.8. The van der Waals surface area contributed by atoms with Gasteiger partial charge in [-0.2, -0.15) is 0 Å². The van der Waals surface area contributed by atoms with Crippen molar-refractivity contribution in [3.8, 4) is 0 Å². The number of anilines is 1. The van der Waals surface area contributed by atoms with Gasteiger partial charge in [0.25, 0.3) is 11.8 Å². The van der Waals surface area contributed by atoms with E-state index in [2.05, 4.69) is 26.6 Å². The van der Waals surface area contributed by atoms with E-state index in [0.29, 0.717) is 11.3 Å². The molecule has 0 saturated carbocycles. The van der Waals surface area contributed by atoms with Crippen LogP contribution in [0.3, 0.4) is 0 Å². The van der Waals surface area contributed by atoms with Crippen molar-refractivity contribution in [1.82, 2.24) is 5.32 Å². The monoisotopic (exact) mass is 452 g/mol. The molecule has 0 aliphatic heterocycles. The van der Waals surface area contributed by atoms with Gasteiger partial charge in [-0.15, -0.1) is 0 Å². The number of hydrogen-bond acceptors (Lipinski definition) is 4. The van der Waals surface area contributed by atoms with E-state index < -0.39 is 11.8 Å². The predicted octanol–water partition coefficient (Wildman–Crippen LogP) is 4.65. The number of ketones is 1. The highest BCUT2D eigenvalue weighted by molar-refractivity contribution is 9.10. The molecule has 1 heterocycles. The van der Waals surface area contributed by atoms with Crippen LogP contribution in [-0.2, 0) is 4.79 Å². The second kappa shape index (κ2) is 9.16. The molecule has 0 aliphatic rings. The molecule has 3 aromatic rings. The standard InChI is InChI=1S/C22H17BrN2O4/c1-14(26)16-7-9-18(10-8-16)24-21(27)19(13-15-4-2-5-17(23)12-15)25-22(28)20-6-3-11-29-20/h2-13H,1H3,(H,24,27)(H,25,28)/b19-13-. The molecule has 2 amide bonds. The van der Waals surface area contributed by atoms with Crippen molar-refractivity contribution in [2.45, 2.75) is 6.92 Å². The van der Waals surface area contributed by atoms with Crippen LogP contribution >= 0.6 is 15.9 Å². The van der Waals surface area contributed by atoms with E-state index >= 15 is 0 Å². The highest BCUT2D eigenvalue weighted by atomic mass is 79.9. The summed E-state index contributed by atoms with van der Waals surface area (Å²) in [4.78, 5) is 36.6. The second-order valence-electron chi connectivity index (χ2n) is 6.13. The molecule has 146 valence electrons. The molecule has 1 aromatic heterocycles. The fourth-order valence-corrected chi connectivity index (χ4v) is 2.92. The van der Waals surface area contributed by atoms with Gasteiger partial charge in [0.2, 0.25) is 0 Å². The van der Waals surface area contributed by atoms with E-state index in [1.807, 2.05) is 18.2 Å². The van der Waals surface area contributed by atoms with Crippen LogP contribution in [0.15, 0.2) is 81.5 Å². The lowest BCUT2D eigenvalue weighted by Crippen LogP contribution is -2.30. The summed E-state index contributed by atoms with van der Waals surface area (Å²) < 4.78 is 5.92. The van der Waals surface area contributed by atoms with Crippen molar-refractivity contribution < 1.29 is 18.8 Å². The normalized spacial score (nSPS) is 11.0. The third-order valence-corrected chi connectivity index (χ3v) is 4.44. The molecule has 0 spiro atoms. The van der Waals surface area contributed by atoms with E-state index in [0.717, 1.165) is 10.0 Å². The third kappa shape index (κ3) is 5.52. The number of nitrogens with one attached hydrogen (secondary N) is 2. The van der Waals surface area contributed by atoms with Gasteiger partial charge in [-0.05, 0) is 67.1 Å². The smallest absolute Gasteiger partial charge is 0.291 e. The molecule has 2 aromatic carbocycles. The number of carbonyl (C=O) groups excluding carboxylic acids is 3. The van der Waals surface area contributed by atoms with Gasteiger partial charge in [-0.1, -0.05) is 28.1 Å². The largest absolute Gasteiger partial charge is 0.459 e. The van der Waals surface area contributed by atoms with E-state index in [1.54, 1.807) is 42.5 Å². The molecule has 6 nitrogen and oxygen atoms in total. The molecule has 0 unspecified atom stereocenters. The Kier molecular flexibility index (Phi) is 6.41. The Balaban J connectivity index is 1.85. The van der Waals surface area contributed by atoms with Gasteiger partial charge in [-0.25, -0.2) is 0 Å². The van der Waals surface area contributed by atoms with Gasteiger partial charge in [0, 0.05) is 15.7 Å². The number of amides is 2. The Morgan fingerprint density at radius 2 is 1.76 bits per heavy atom. The second-order valence-corrected chi connectivity index (χ2v) is 7.05. The van der Waals surface area contributed by atoms with Crippen molar-refractivity contribution in [1.29, 1.82) is 0 Å². The van der Waals surface area contributed by atoms with Crippen molar-refractivity contribution >= 4 is 45.3 Å². The molecule has 2 N–H and O–H groups in total. The van der Waals surface area contributed by atoms with Crippen LogP contribution < -0.4 is 10.6 Å². The molecule has 0 aliphatic carbocycles. The van der Waals surface area contributed by atoms with Gasteiger partial charge in [0.05, 0.1) is 6.26 Å². The maximum absolute atomic E-state index is 12.8. The van der Waals surface area contributed by atoms with Crippen LogP contribution in [0.5, 0.6) is 0 Å². The summed E-state index contributed by atoms with van der Waals surface area (Å²) >= 11 is 3.38. The number of carbonyl (C=O) groups is 3. The number of Topliss-reactive ketones (excluding diaryl/α,β-unsaturated/α-hetero) is 1. The summed E-state index contributed by atoms with van der Waals surface area (Å²) in [5, 5.41) is 5.30. The molecular formula is C22H17BrN2O4. The Bertz CT molecular complexity index is 1070. The van der Waals surface area contributed by atoms with Crippen LogP contribution in [0.2, 0.25) is 0 Å². The average Bonchev–Trinajstić information content (AvgIpc) is 3.23. The first-order chi connectivity index (χ1) is 13.9. The Morgan fingerprint density at radius 3 is 2.38 bits per heavy atom. The fourth-order valence-electron chi connectivity index (χ4n) is 2.50. The summed E-state index contributed by atoms with van der Waals surface area (Å²) in [6.45, 7) is 1.47. The summed E-state index contributed by atoms with van der Waals surface area (Å²) in [7, 11) is 0. The van der Waals surface area contributed by atoms with Crippen molar-refractivity contribution in [3.63, 3.8) is 0 Å². The predicted molar refractivity (Wildman–Crippen MR) is 113 cm³/mol. The fraction of sp³-hybridized carbons (Fsp3) is 0.0455. The highest BCUT2D eigenvalue weighted by Gasteiger charge is 2.17. The van der Waals surface area contributed by atoms with Crippen molar-refractivity contribution in [2.75, 3.05) is 5.32 Å². The van der Waals surface area contributed by atoms with Gasteiger partial charge in [-0.3, -0.25) is 14.4 Å². The van der Waals surface area contributed by atoms with Gasteiger partial charge in [0.15, 0.2) is 11.5 Å². The maximum Gasteiger partial charge on any atom is 0.291 e. The molecule has 0 fully saturated rings. The Labute approximate surface area is 175 Å². The van der Waals surface area contributed by atoms with Gasteiger partial charge >= 0.3 is 0 Å². The zero-order valence-electron chi connectivity index (χ0n) is 15.4. The zero-order valence-corrected chi connectivity index (χ0v) is 17.0. The number of hydrogen-bond donors (Lipinski definition) is 2.